The maximum atomic E-state index is 12.1. The third-order valence-electron chi connectivity index (χ3n) is 3.56. The molecule has 0 aliphatic carbocycles. The van der Waals surface area contributed by atoms with E-state index in [1.807, 2.05) is 30.3 Å². The van der Waals surface area contributed by atoms with Gasteiger partial charge in [-0.25, -0.2) is 8.42 Å². The molecule has 1 amide bonds. The standard InChI is InChI=1S/C14H20N2O3S/c1-14(7-8-20(18,19)10-14)16-13(17)12(15)9-11-5-3-2-4-6-11/h2-6,12H,7-10,15H2,1H3,(H,16,17)/t12-,14?/m1/s1. The molecule has 0 saturated carbocycles. The average Bonchev–Trinajstić information content (AvgIpc) is 2.64. The maximum Gasteiger partial charge on any atom is 0.237 e. The predicted molar refractivity (Wildman–Crippen MR) is 77.9 cm³/mol. The average molecular weight is 296 g/mol. The SMILES string of the molecule is CC1(NC(=O)[C@H](N)Cc2ccccc2)CCS(=O)(=O)C1. The molecule has 0 aromatic heterocycles. The minimum atomic E-state index is -3.04. The summed E-state index contributed by atoms with van der Waals surface area (Å²) in [4.78, 5) is 12.1. The van der Waals surface area contributed by atoms with E-state index in [1.54, 1.807) is 6.92 Å². The number of benzene rings is 1. The molecular weight excluding hydrogens is 276 g/mol. The third-order valence-corrected chi connectivity index (χ3v) is 5.47. The molecule has 1 unspecified atom stereocenters. The van der Waals surface area contributed by atoms with Gasteiger partial charge in [-0.2, -0.15) is 0 Å². The summed E-state index contributed by atoms with van der Waals surface area (Å²) in [6.45, 7) is 1.75. The van der Waals surface area contributed by atoms with Crippen molar-refractivity contribution in [2.45, 2.75) is 31.3 Å². The number of sulfone groups is 1. The molecule has 1 aliphatic heterocycles. The second-order valence-corrected chi connectivity index (χ2v) is 7.87. The Hall–Kier alpha value is -1.40. The molecule has 6 heteroatoms. The van der Waals surface area contributed by atoms with Crippen LogP contribution in [0, 0.1) is 0 Å². The lowest BCUT2D eigenvalue weighted by atomic mass is 10.00. The molecule has 2 atom stereocenters. The van der Waals surface area contributed by atoms with Crippen LogP contribution in [-0.4, -0.2) is 37.4 Å². The third kappa shape index (κ3) is 3.80. The van der Waals surface area contributed by atoms with E-state index in [9.17, 15) is 13.2 Å². The van der Waals surface area contributed by atoms with Crippen molar-refractivity contribution >= 4 is 15.7 Å². The van der Waals surface area contributed by atoms with Crippen LogP contribution in [0.5, 0.6) is 0 Å². The van der Waals surface area contributed by atoms with Gasteiger partial charge in [0.2, 0.25) is 5.91 Å². The van der Waals surface area contributed by atoms with Gasteiger partial charge < -0.3 is 11.1 Å². The fraction of sp³-hybridized carbons (Fsp3) is 0.500. The Morgan fingerprint density at radius 2 is 2.05 bits per heavy atom. The molecule has 5 nitrogen and oxygen atoms in total. The van der Waals surface area contributed by atoms with E-state index in [-0.39, 0.29) is 17.4 Å². The highest BCUT2D eigenvalue weighted by molar-refractivity contribution is 7.91. The lowest BCUT2D eigenvalue weighted by Gasteiger charge is -2.26. The van der Waals surface area contributed by atoms with Crippen LogP contribution in [0.2, 0.25) is 0 Å². The Bertz CT molecular complexity index is 586. The molecule has 1 saturated heterocycles. The summed E-state index contributed by atoms with van der Waals surface area (Å²) in [5.41, 5.74) is 6.19. The first-order valence-corrected chi connectivity index (χ1v) is 8.44. The summed E-state index contributed by atoms with van der Waals surface area (Å²) in [5, 5.41) is 2.79. The number of amides is 1. The van der Waals surface area contributed by atoms with E-state index in [4.69, 9.17) is 5.73 Å². The van der Waals surface area contributed by atoms with Gasteiger partial charge in [-0.3, -0.25) is 4.79 Å². The Labute approximate surface area is 119 Å². The van der Waals surface area contributed by atoms with Crippen LogP contribution >= 0.6 is 0 Å². The molecule has 1 fully saturated rings. The number of nitrogens with two attached hydrogens (primary N) is 1. The lowest BCUT2D eigenvalue weighted by molar-refractivity contribution is -0.123. The molecule has 1 aliphatic rings. The topological polar surface area (TPSA) is 89.3 Å². The van der Waals surface area contributed by atoms with Gasteiger partial charge in [0, 0.05) is 0 Å². The van der Waals surface area contributed by atoms with E-state index < -0.39 is 21.4 Å². The van der Waals surface area contributed by atoms with Gasteiger partial charge in [-0.15, -0.1) is 0 Å². The largest absolute Gasteiger partial charge is 0.349 e. The molecule has 0 radical (unpaired) electrons. The van der Waals surface area contributed by atoms with Crippen LogP contribution in [-0.2, 0) is 21.1 Å². The number of carbonyl (C=O) groups is 1. The van der Waals surface area contributed by atoms with Crippen LogP contribution in [0.1, 0.15) is 18.9 Å². The monoisotopic (exact) mass is 296 g/mol. The van der Waals surface area contributed by atoms with Crippen LogP contribution < -0.4 is 11.1 Å². The highest BCUT2D eigenvalue weighted by Crippen LogP contribution is 2.22. The van der Waals surface area contributed by atoms with E-state index in [0.29, 0.717) is 12.8 Å². The molecule has 1 aromatic carbocycles. The van der Waals surface area contributed by atoms with E-state index >= 15 is 0 Å². The minimum Gasteiger partial charge on any atom is -0.349 e. The molecule has 1 heterocycles. The Morgan fingerprint density at radius 1 is 1.40 bits per heavy atom. The van der Waals surface area contributed by atoms with Crippen molar-refractivity contribution in [1.82, 2.24) is 5.32 Å². The second kappa shape index (κ2) is 5.54. The van der Waals surface area contributed by atoms with E-state index in [2.05, 4.69) is 5.32 Å². The molecule has 3 N–H and O–H groups in total. The number of hydrogen-bond donors (Lipinski definition) is 2. The summed E-state index contributed by atoms with van der Waals surface area (Å²) in [6.07, 6.45) is 0.884. The zero-order valence-corrected chi connectivity index (χ0v) is 12.3. The first-order valence-electron chi connectivity index (χ1n) is 6.62. The Balaban J connectivity index is 1.95. The van der Waals surface area contributed by atoms with Crippen molar-refractivity contribution in [2.24, 2.45) is 5.73 Å². The number of carbonyl (C=O) groups excluding carboxylic acids is 1. The number of rotatable bonds is 4. The van der Waals surface area contributed by atoms with Gasteiger partial charge in [0.05, 0.1) is 23.1 Å². The van der Waals surface area contributed by atoms with Gasteiger partial charge in [0.25, 0.3) is 0 Å². The molecule has 2 rings (SSSR count). The highest BCUT2D eigenvalue weighted by atomic mass is 32.2. The first-order chi connectivity index (χ1) is 9.30. The van der Waals surface area contributed by atoms with Crippen molar-refractivity contribution in [1.29, 1.82) is 0 Å². The van der Waals surface area contributed by atoms with Crippen LogP contribution in [0.4, 0.5) is 0 Å². The summed E-state index contributed by atoms with van der Waals surface area (Å²) in [7, 11) is -3.04. The van der Waals surface area contributed by atoms with Crippen LogP contribution in [0.15, 0.2) is 30.3 Å². The normalized spacial score (nSPS) is 26.1. The highest BCUT2D eigenvalue weighted by Gasteiger charge is 2.40. The van der Waals surface area contributed by atoms with Crippen molar-refractivity contribution < 1.29 is 13.2 Å². The zero-order chi connectivity index (χ0) is 14.8. The van der Waals surface area contributed by atoms with E-state index in [1.165, 1.54) is 0 Å². The fourth-order valence-corrected chi connectivity index (χ4v) is 4.55. The van der Waals surface area contributed by atoms with Gasteiger partial charge in [0.15, 0.2) is 9.84 Å². The minimum absolute atomic E-state index is 0.0101. The predicted octanol–water partition coefficient (Wildman–Crippen LogP) is 0.250. The van der Waals surface area contributed by atoms with Crippen molar-refractivity contribution in [3.8, 4) is 0 Å². The van der Waals surface area contributed by atoms with Crippen LogP contribution in [0.3, 0.4) is 0 Å². The smallest absolute Gasteiger partial charge is 0.237 e. The summed E-state index contributed by atoms with van der Waals surface area (Å²) >= 11 is 0. The number of hydrogen-bond acceptors (Lipinski definition) is 4. The van der Waals surface area contributed by atoms with Crippen molar-refractivity contribution in [3.63, 3.8) is 0 Å². The van der Waals surface area contributed by atoms with Gasteiger partial charge >= 0.3 is 0 Å². The van der Waals surface area contributed by atoms with Crippen LogP contribution in [0.25, 0.3) is 0 Å². The molecule has 0 spiro atoms. The summed E-state index contributed by atoms with van der Waals surface area (Å²) in [6, 6.07) is 8.84. The zero-order valence-electron chi connectivity index (χ0n) is 11.5. The molecule has 1 aromatic rings. The molecule has 20 heavy (non-hydrogen) atoms. The first kappa shape index (κ1) is 15.0. The Kier molecular flexibility index (Phi) is 4.15. The van der Waals surface area contributed by atoms with Gasteiger partial charge in [-0.1, -0.05) is 30.3 Å². The maximum absolute atomic E-state index is 12.1. The van der Waals surface area contributed by atoms with Gasteiger partial charge in [-0.05, 0) is 25.3 Å². The fourth-order valence-electron chi connectivity index (χ4n) is 2.46. The van der Waals surface area contributed by atoms with Crippen molar-refractivity contribution in [3.05, 3.63) is 35.9 Å². The molecule has 110 valence electrons. The molecule has 0 bridgehead atoms. The van der Waals surface area contributed by atoms with Crippen molar-refractivity contribution in [2.75, 3.05) is 11.5 Å². The quantitative estimate of drug-likeness (QED) is 0.833. The van der Waals surface area contributed by atoms with Gasteiger partial charge in [0.1, 0.15) is 0 Å². The summed E-state index contributed by atoms with van der Waals surface area (Å²) in [5.74, 6) is -0.185. The Morgan fingerprint density at radius 3 is 2.60 bits per heavy atom. The van der Waals surface area contributed by atoms with E-state index in [0.717, 1.165) is 5.56 Å². The number of nitrogens with one attached hydrogen (secondary N) is 1. The summed E-state index contributed by atoms with van der Waals surface area (Å²) < 4.78 is 23.0. The second-order valence-electron chi connectivity index (χ2n) is 5.69. The lowest BCUT2D eigenvalue weighted by Crippen LogP contribution is -2.53. The molecular formula is C14H20N2O3S.